The second-order valence-electron chi connectivity index (χ2n) is 8.30. The van der Waals surface area contributed by atoms with Crippen LogP contribution in [-0.4, -0.2) is 0 Å². The minimum atomic E-state index is 0.929. The largest absolute Gasteiger partial charge is 0.455 e. The van der Waals surface area contributed by atoms with Crippen molar-refractivity contribution in [2.45, 2.75) is 20.8 Å². The standard InChI is InChI=1S/C31H26O/c1-4-21(2)19-22(3)23-15-17-24(18-16-23)25-9-7-10-26(20-25)27-12-8-13-29-28-11-5-6-14-30(28)32-31(27)29/h4-20H,1-3H3/b21-4-,22-19+. The van der Waals surface area contributed by atoms with Crippen LogP contribution in [0.4, 0.5) is 0 Å². The lowest BCUT2D eigenvalue weighted by Gasteiger charge is -2.08. The lowest BCUT2D eigenvalue weighted by Crippen LogP contribution is -1.84. The Morgan fingerprint density at radius 1 is 0.688 bits per heavy atom. The molecule has 0 spiro atoms. The van der Waals surface area contributed by atoms with Gasteiger partial charge < -0.3 is 4.42 Å². The first-order chi connectivity index (χ1) is 15.6. The van der Waals surface area contributed by atoms with Crippen LogP contribution >= 0.6 is 0 Å². The summed E-state index contributed by atoms with van der Waals surface area (Å²) in [5.74, 6) is 0. The smallest absolute Gasteiger partial charge is 0.143 e. The molecule has 1 aromatic heterocycles. The predicted molar refractivity (Wildman–Crippen MR) is 138 cm³/mol. The molecule has 0 atom stereocenters. The van der Waals surface area contributed by atoms with Crippen LogP contribution in [0.5, 0.6) is 0 Å². The normalized spacial score (nSPS) is 12.6. The molecule has 0 saturated carbocycles. The lowest BCUT2D eigenvalue weighted by atomic mass is 9.96. The third kappa shape index (κ3) is 3.67. The van der Waals surface area contributed by atoms with Crippen LogP contribution < -0.4 is 0 Å². The van der Waals surface area contributed by atoms with Gasteiger partial charge in [0.15, 0.2) is 0 Å². The summed E-state index contributed by atoms with van der Waals surface area (Å²) in [5.41, 5.74) is 10.4. The molecule has 0 saturated heterocycles. The van der Waals surface area contributed by atoms with Crippen LogP contribution in [0.2, 0.25) is 0 Å². The van der Waals surface area contributed by atoms with Crippen molar-refractivity contribution in [1.29, 1.82) is 0 Å². The number of allylic oxidation sites excluding steroid dienone is 4. The van der Waals surface area contributed by atoms with Crippen molar-refractivity contribution in [2.75, 3.05) is 0 Å². The number of hydrogen-bond donors (Lipinski definition) is 0. The van der Waals surface area contributed by atoms with Gasteiger partial charge in [-0.15, -0.1) is 0 Å². The zero-order valence-electron chi connectivity index (χ0n) is 18.7. The number of furan rings is 1. The SMILES string of the molecule is C/C=C(C)\C=C(/C)c1ccc(-c2cccc(-c3cccc4c3oc3ccccc34)c2)cc1. The number of rotatable bonds is 4. The van der Waals surface area contributed by atoms with Crippen molar-refractivity contribution in [3.05, 3.63) is 114 Å². The maximum absolute atomic E-state index is 6.26. The zero-order valence-corrected chi connectivity index (χ0v) is 18.7. The van der Waals surface area contributed by atoms with E-state index in [0.29, 0.717) is 0 Å². The third-order valence-corrected chi connectivity index (χ3v) is 6.15. The van der Waals surface area contributed by atoms with E-state index in [-0.39, 0.29) is 0 Å². The summed E-state index contributed by atoms with van der Waals surface area (Å²) in [6, 6.07) is 32.2. The van der Waals surface area contributed by atoms with E-state index in [1.165, 1.54) is 27.8 Å². The van der Waals surface area contributed by atoms with Crippen LogP contribution in [0.15, 0.2) is 113 Å². The Kier molecular flexibility index (Phi) is 5.25. The molecule has 0 aliphatic heterocycles. The maximum Gasteiger partial charge on any atom is 0.143 e. The number of benzene rings is 4. The molecule has 0 fully saturated rings. The molecule has 0 bridgehead atoms. The first kappa shape index (κ1) is 20.1. The van der Waals surface area contributed by atoms with Gasteiger partial charge in [-0.2, -0.15) is 0 Å². The van der Waals surface area contributed by atoms with Crippen molar-refractivity contribution < 1.29 is 4.42 Å². The molecule has 156 valence electrons. The molecule has 5 aromatic rings. The molecule has 1 nitrogen and oxygen atoms in total. The van der Waals surface area contributed by atoms with Crippen molar-refractivity contribution >= 4 is 27.5 Å². The summed E-state index contributed by atoms with van der Waals surface area (Å²) in [7, 11) is 0. The fraction of sp³-hybridized carbons (Fsp3) is 0.0968. The topological polar surface area (TPSA) is 13.1 Å². The van der Waals surface area contributed by atoms with Crippen LogP contribution in [0.3, 0.4) is 0 Å². The van der Waals surface area contributed by atoms with Crippen molar-refractivity contribution in [3.63, 3.8) is 0 Å². The Morgan fingerprint density at radius 2 is 1.41 bits per heavy atom. The van der Waals surface area contributed by atoms with E-state index < -0.39 is 0 Å². The highest BCUT2D eigenvalue weighted by molar-refractivity contribution is 6.09. The molecule has 32 heavy (non-hydrogen) atoms. The quantitative estimate of drug-likeness (QED) is 0.267. The van der Waals surface area contributed by atoms with E-state index in [0.717, 1.165) is 33.1 Å². The molecular weight excluding hydrogens is 388 g/mol. The maximum atomic E-state index is 6.26. The molecule has 4 aromatic carbocycles. The van der Waals surface area contributed by atoms with Gasteiger partial charge in [0.25, 0.3) is 0 Å². The Balaban J connectivity index is 1.54. The second kappa shape index (κ2) is 8.36. The summed E-state index contributed by atoms with van der Waals surface area (Å²) >= 11 is 0. The van der Waals surface area contributed by atoms with Gasteiger partial charge in [0.05, 0.1) is 0 Å². The van der Waals surface area contributed by atoms with Gasteiger partial charge in [-0.3, -0.25) is 0 Å². The monoisotopic (exact) mass is 414 g/mol. The molecule has 0 amide bonds. The Hall–Kier alpha value is -3.84. The Labute approximate surface area is 189 Å². The zero-order chi connectivity index (χ0) is 22.1. The highest BCUT2D eigenvalue weighted by Crippen LogP contribution is 2.36. The first-order valence-electron chi connectivity index (χ1n) is 11.1. The fourth-order valence-corrected chi connectivity index (χ4v) is 4.27. The van der Waals surface area contributed by atoms with Crippen LogP contribution in [-0.2, 0) is 0 Å². The molecule has 5 rings (SSSR count). The highest BCUT2D eigenvalue weighted by atomic mass is 16.3. The van der Waals surface area contributed by atoms with Crippen molar-refractivity contribution in [1.82, 2.24) is 0 Å². The summed E-state index contributed by atoms with van der Waals surface area (Å²) in [5, 5.41) is 2.32. The van der Waals surface area contributed by atoms with Crippen molar-refractivity contribution in [3.8, 4) is 22.3 Å². The number of hydrogen-bond acceptors (Lipinski definition) is 1. The minimum Gasteiger partial charge on any atom is -0.455 e. The molecular formula is C31H26O. The van der Waals surface area contributed by atoms with Crippen molar-refractivity contribution in [2.24, 2.45) is 0 Å². The number of fused-ring (bicyclic) bond motifs is 3. The average molecular weight is 415 g/mol. The highest BCUT2D eigenvalue weighted by Gasteiger charge is 2.12. The van der Waals surface area contributed by atoms with Gasteiger partial charge in [-0.05, 0) is 60.7 Å². The summed E-state index contributed by atoms with van der Waals surface area (Å²) < 4.78 is 6.26. The summed E-state index contributed by atoms with van der Waals surface area (Å²) in [6.07, 6.45) is 4.36. The lowest BCUT2D eigenvalue weighted by molar-refractivity contribution is 0.670. The van der Waals surface area contributed by atoms with E-state index in [2.05, 4.69) is 112 Å². The van der Waals surface area contributed by atoms with Gasteiger partial charge in [-0.1, -0.05) is 96.6 Å². The molecule has 1 heterocycles. The molecule has 0 radical (unpaired) electrons. The Bertz CT molecular complexity index is 1480. The van der Waals surface area contributed by atoms with E-state index in [4.69, 9.17) is 4.42 Å². The molecule has 0 aliphatic rings. The van der Waals surface area contributed by atoms with Gasteiger partial charge in [-0.25, -0.2) is 0 Å². The van der Waals surface area contributed by atoms with E-state index in [1.807, 2.05) is 12.1 Å². The molecule has 0 N–H and O–H groups in total. The van der Waals surface area contributed by atoms with E-state index in [9.17, 15) is 0 Å². The van der Waals surface area contributed by atoms with Gasteiger partial charge in [0.1, 0.15) is 11.2 Å². The third-order valence-electron chi connectivity index (χ3n) is 6.15. The van der Waals surface area contributed by atoms with Crippen LogP contribution in [0.25, 0.3) is 49.8 Å². The molecule has 1 heteroatoms. The predicted octanol–water partition coefficient (Wildman–Crippen LogP) is 9.29. The van der Waals surface area contributed by atoms with E-state index >= 15 is 0 Å². The van der Waals surface area contributed by atoms with Crippen LogP contribution in [0, 0.1) is 0 Å². The van der Waals surface area contributed by atoms with Gasteiger partial charge in [0, 0.05) is 16.3 Å². The minimum absolute atomic E-state index is 0.929. The summed E-state index contributed by atoms with van der Waals surface area (Å²) in [6.45, 7) is 6.36. The second-order valence-corrected chi connectivity index (χ2v) is 8.30. The molecule has 0 aliphatic carbocycles. The summed E-state index contributed by atoms with van der Waals surface area (Å²) in [4.78, 5) is 0. The number of para-hydroxylation sites is 2. The van der Waals surface area contributed by atoms with E-state index in [1.54, 1.807) is 0 Å². The first-order valence-corrected chi connectivity index (χ1v) is 11.1. The average Bonchev–Trinajstić information content (AvgIpc) is 3.23. The van der Waals surface area contributed by atoms with Gasteiger partial charge in [0.2, 0.25) is 0 Å². The van der Waals surface area contributed by atoms with Gasteiger partial charge >= 0.3 is 0 Å². The van der Waals surface area contributed by atoms with Crippen LogP contribution in [0.1, 0.15) is 26.3 Å². The Morgan fingerprint density at radius 3 is 2.22 bits per heavy atom. The molecule has 0 unspecified atom stereocenters. The fourth-order valence-electron chi connectivity index (χ4n) is 4.27.